The van der Waals surface area contributed by atoms with Crippen LogP contribution in [0, 0.1) is 5.82 Å². The maximum atomic E-state index is 12.9. The standard InChI is InChI=1S/C19H18FN3O3S/c20-15-3-5-16(6-4-15)25-11-17(24)23-8-1-2-13(10-23)18-21-22-19(26-18)14-7-9-27-12-14/h3-7,9,12-13H,1-2,8,10-11H2. The molecule has 27 heavy (non-hydrogen) atoms. The van der Waals surface area contributed by atoms with E-state index in [2.05, 4.69) is 10.2 Å². The van der Waals surface area contributed by atoms with E-state index < -0.39 is 0 Å². The predicted molar refractivity (Wildman–Crippen MR) is 98.1 cm³/mol. The van der Waals surface area contributed by atoms with Gasteiger partial charge in [0.05, 0.1) is 5.92 Å². The third kappa shape index (κ3) is 4.16. The molecule has 3 heterocycles. The lowest BCUT2D eigenvalue weighted by Gasteiger charge is -2.31. The molecule has 0 spiro atoms. The van der Waals surface area contributed by atoms with E-state index >= 15 is 0 Å². The summed E-state index contributed by atoms with van der Waals surface area (Å²) >= 11 is 1.57. The van der Waals surface area contributed by atoms with Crippen molar-refractivity contribution in [2.24, 2.45) is 0 Å². The first kappa shape index (κ1) is 17.7. The minimum absolute atomic E-state index is 0.0217. The average Bonchev–Trinajstić information content (AvgIpc) is 3.39. The molecule has 1 aromatic carbocycles. The topological polar surface area (TPSA) is 68.5 Å². The largest absolute Gasteiger partial charge is 0.484 e. The van der Waals surface area contributed by atoms with Gasteiger partial charge in [0, 0.05) is 24.0 Å². The molecule has 6 nitrogen and oxygen atoms in total. The maximum Gasteiger partial charge on any atom is 0.260 e. The molecule has 4 rings (SSSR count). The second-order valence-corrected chi connectivity index (χ2v) is 7.16. The Morgan fingerprint density at radius 1 is 1.30 bits per heavy atom. The highest BCUT2D eigenvalue weighted by Gasteiger charge is 2.28. The van der Waals surface area contributed by atoms with Crippen LogP contribution < -0.4 is 4.74 Å². The van der Waals surface area contributed by atoms with E-state index in [0.29, 0.717) is 30.6 Å². The summed E-state index contributed by atoms with van der Waals surface area (Å²) in [6, 6.07) is 7.55. The number of benzene rings is 1. The number of halogens is 1. The zero-order valence-electron chi connectivity index (χ0n) is 14.5. The summed E-state index contributed by atoms with van der Waals surface area (Å²) in [5.41, 5.74) is 0.912. The Kier molecular flexibility index (Phi) is 5.15. The van der Waals surface area contributed by atoms with E-state index in [1.807, 2.05) is 16.8 Å². The molecule has 1 aliphatic heterocycles. The number of likely N-dealkylation sites (tertiary alicyclic amines) is 1. The number of aromatic nitrogens is 2. The van der Waals surface area contributed by atoms with Crippen LogP contribution in [0.4, 0.5) is 4.39 Å². The molecular formula is C19H18FN3O3S. The molecule has 0 radical (unpaired) electrons. The second-order valence-electron chi connectivity index (χ2n) is 6.38. The number of nitrogens with zero attached hydrogens (tertiary/aromatic N) is 3. The fraction of sp³-hybridized carbons (Fsp3) is 0.316. The highest BCUT2D eigenvalue weighted by Crippen LogP contribution is 2.29. The minimum atomic E-state index is -0.339. The number of carbonyl (C=O) groups excluding carboxylic acids is 1. The van der Waals surface area contributed by atoms with E-state index in [4.69, 9.17) is 9.15 Å². The summed E-state index contributed by atoms with van der Waals surface area (Å²) < 4.78 is 24.2. The molecule has 1 aliphatic rings. The lowest BCUT2D eigenvalue weighted by atomic mass is 9.98. The van der Waals surface area contributed by atoms with Crippen LogP contribution >= 0.6 is 11.3 Å². The number of carbonyl (C=O) groups is 1. The summed E-state index contributed by atoms with van der Waals surface area (Å²) in [7, 11) is 0. The van der Waals surface area contributed by atoms with Crippen LogP contribution in [0.2, 0.25) is 0 Å². The van der Waals surface area contributed by atoms with Crippen molar-refractivity contribution in [1.82, 2.24) is 15.1 Å². The fourth-order valence-corrected chi connectivity index (χ4v) is 3.70. The Bertz CT molecular complexity index is 895. The number of amides is 1. The Morgan fingerprint density at radius 3 is 2.93 bits per heavy atom. The number of hydrogen-bond acceptors (Lipinski definition) is 6. The number of piperidine rings is 1. The monoisotopic (exact) mass is 387 g/mol. The maximum absolute atomic E-state index is 12.9. The van der Waals surface area contributed by atoms with E-state index in [-0.39, 0.29) is 24.2 Å². The molecule has 1 atom stereocenters. The van der Waals surface area contributed by atoms with Gasteiger partial charge in [-0.1, -0.05) is 0 Å². The summed E-state index contributed by atoms with van der Waals surface area (Å²) in [6.45, 7) is 1.12. The number of ether oxygens (including phenoxy) is 1. The van der Waals surface area contributed by atoms with Crippen molar-refractivity contribution < 1.29 is 18.3 Å². The van der Waals surface area contributed by atoms with Gasteiger partial charge >= 0.3 is 0 Å². The predicted octanol–water partition coefficient (Wildman–Crippen LogP) is 3.72. The van der Waals surface area contributed by atoms with Crippen molar-refractivity contribution in [3.8, 4) is 17.2 Å². The van der Waals surface area contributed by atoms with E-state index in [1.165, 1.54) is 24.3 Å². The van der Waals surface area contributed by atoms with Gasteiger partial charge in [-0.15, -0.1) is 10.2 Å². The summed E-state index contributed by atoms with van der Waals surface area (Å²) in [4.78, 5) is 14.2. The van der Waals surface area contributed by atoms with Crippen LogP contribution in [0.15, 0.2) is 45.5 Å². The highest BCUT2D eigenvalue weighted by atomic mass is 32.1. The smallest absolute Gasteiger partial charge is 0.260 e. The Morgan fingerprint density at radius 2 is 2.15 bits per heavy atom. The molecule has 1 unspecified atom stereocenters. The van der Waals surface area contributed by atoms with Crippen molar-refractivity contribution in [1.29, 1.82) is 0 Å². The number of rotatable bonds is 5. The third-order valence-corrected chi connectivity index (χ3v) is 5.19. The molecule has 1 saturated heterocycles. The normalized spacial score (nSPS) is 17.1. The molecule has 1 amide bonds. The minimum Gasteiger partial charge on any atom is -0.484 e. The molecule has 0 aliphatic carbocycles. The van der Waals surface area contributed by atoms with Gasteiger partial charge in [-0.2, -0.15) is 11.3 Å². The van der Waals surface area contributed by atoms with Crippen LogP contribution in [0.3, 0.4) is 0 Å². The molecule has 0 N–H and O–H groups in total. The van der Waals surface area contributed by atoms with Crippen molar-refractivity contribution in [2.45, 2.75) is 18.8 Å². The van der Waals surface area contributed by atoms with E-state index in [0.717, 1.165) is 18.4 Å². The first-order chi connectivity index (χ1) is 13.2. The van der Waals surface area contributed by atoms with Crippen LogP contribution in [-0.4, -0.2) is 40.7 Å². The van der Waals surface area contributed by atoms with Crippen LogP contribution in [0.25, 0.3) is 11.5 Å². The van der Waals surface area contributed by atoms with E-state index in [1.54, 1.807) is 16.2 Å². The molecule has 3 aromatic rings. The van der Waals surface area contributed by atoms with Crippen molar-refractivity contribution in [2.75, 3.05) is 19.7 Å². The van der Waals surface area contributed by atoms with Gasteiger partial charge in [0.25, 0.3) is 5.91 Å². The van der Waals surface area contributed by atoms with Gasteiger partial charge in [0.15, 0.2) is 6.61 Å². The molecule has 140 valence electrons. The van der Waals surface area contributed by atoms with Gasteiger partial charge in [-0.3, -0.25) is 4.79 Å². The fourth-order valence-electron chi connectivity index (χ4n) is 3.07. The number of hydrogen-bond donors (Lipinski definition) is 0. The lowest BCUT2D eigenvalue weighted by Crippen LogP contribution is -2.41. The Hall–Kier alpha value is -2.74. The SMILES string of the molecule is O=C(COc1ccc(F)cc1)N1CCCC(c2nnc(-c3ccsc3)o2)C1. The van der Waals surface area contributed by atoms with Crippen LogP contribution in [-0.2, 0) is 4.79 Å². The third-order valence-electron chi connectivity index (χ3n) is 4.51. The summed E-state index contributed by atoms with van der Waals surface area (Å²) in [5, 5.41) is 12.2. The van der Waals surface area contributed by atoms with Gasteiger partial charge in [-0.05, 0) is 48.6 Å². The van der Waals surface area contributed by atoms with Gasteiger partial charge in [0.1, 0.15) is 11.6 Å². The summed E-state index contributed by atoms with van der Waals surface area (Å²) in [6.07, 6.45) is 1.76. The first-order valence-electron chi connectivity index (χ1n) is 8.71. The molecule has 8 heteroatoms. The van der Waals surface area contributed by atoms with Crippen LogP contribution in [0.1, 0.15) is 24.7 Å². The Balaban J connectivity index is 1.36. The van der Waals surface area contributed by atoms with Crippen molar-refractivity contribution in [3.63, 3.8) is 0 Å². The first-order valence-corrected chi connectivity index (χ1v) is 9.65. The van der Waals surface area contributed by atoms with Gasteiger partial charge in [-0.25, -0.2) is 4.39 Å². The summed E-state index contributed by atoms with van der Waals surface area (Å²) in [5.74, 6) is 1.11. The molecule has 2 aromatic heterocycles. The zero-order valence-corrected chi connectivity index (χ0v) is 15.3. The number of thiophene rings is 1. The molecular weight excluding hydrogens is 369 g/mol. The molecule has 1 fully saturated rings. The van der Waals surface area contributed by atoms with Crippen molar-refractivity contribution in [3.05, 3.63) is 52.8 Å². The van der Waals surface area contributed by atoms with Crippen molar-refractivity contribution >= 4 is 17.2 Å². The van der Waals surface area contributed by atoms with Gasteiger partial charge in [0.2, 0.25) is 11.8 Å². The molecule has 0 bridgehead atoms. The highest BCUT2D eigenvalue weighted by molar-refractivity contribution is 7.08. The second kappa shape index (κ2) is 7.87. The zero-order chi connectivity index (χ0) is 18.6. The lowest BCUT2D eigenvalue weighted by molar-refractivity contribution is -0.134. The quantitative estimate of drug-likeness (QED) is 0.667. The Labute approximate surface area is 159 Å². The van der Waals surface area contributed by atoms with Crippen LogP contribution in [0.5, 0.6) is 5.75 Å². The van der Waals surface area contributed by atoms with Gasteiger partial charge < -0.3 is 14.1 Å². The average molecular weight is 387 g/mol. The van der Waals surface area contributed by atoms with E-state index in [9.17, 15) is 9.18 Å². The molecule has 0 saturated carbocycles.